The second kappa shape index (κ2) is 9.09. The highest BCUT2D eigenvalue weighted by molar-refractivity contribution is 7.22. The molecule has 1 saturated heterocycles. The van der Waals surface area contributed by atoms with E-state index in [1.54, 1.807) is 63.7 Å². The SMILES string of the molecule is COc1ccc(/C(O)=C2\C(=O)C(=O)N(c3nc4cc(C)c(OC)cc4s3)C2c2ccccn2)c(C)c1. The summed E-state index contributed by atoms with van der Waals surface area (Å²) in [4.78, 5) is 37.2. The number of carbonyl (C=O) groups excluding carboxylic acids is 2. The van der Waals surface area contributed by atoms with E-state index in [9.17, 15) is 14.7 Å². The molecule has 1 atom stereocenters. The quantitative estimate of drug-likeness (QED) is 0.234. The highest BCUT2D eigenvalue weighted by atomic mass is 32.1. The maximum atomic E-state index is 13.4. The molecule has 182 valence electrons. The fourth-order valence-electron chi connectivity index (χ4n) is 4.39. The highest BCUT2D eigenvalue weighted by Crippen LogP contribution is 2.44. The average Bonchev–Trinajstić information content (AvgIpc) is 3.40. The summed E-state index contributed by atoms with van der Waals surface area (Å²) < 4.78 is 11.5. The number of benzene rings is 2. The molecule has 1 aliphatic rings. The average molecular weight is 502 g/mol. The zero-order valence-electron chi connectivity index (χ0n) is 20.1. The molecule has 0 bridgehead atoms. The molecule has 1 fully saturated rings. The summed E-state index contributed by atoms with van der Waals surface area (Å²) >= 11 is 1.27. The second-order valence-corrected chi connectivity index (χ2v) is 9.40. The summed E-state index contributed by atoms with van der Waals surface area (Å²) in [6.07, 6.45) is 1.58. The Hall–Kier alpha value is -4.24. The number of thiazole rings is 1. The highest BCUT2D eigenvalue weighted by Gasteiger charge is 2.49. The molecule has 2 aromatic carbocycles. The number of Topliss-reactive ketones (excluding diaryl/α,β-unsaturated/α-hetero) is 1. The maximum absolute atomic E-state index is 13.4. The molecule has 8 nitrogen and oxygen atoms in total. The fraction of sp³-hybridized carbons (Fsp3) is 0.185. The third kappa shape index (κ3) is 3.77. The summed E-state index contributed by atoms with van der Waals surface area (Å²) in [5, 5.41) is 11.7. The van der Waals surface area contributed by atoms with Gasteiger partial charge in [-0.25, -0.2) is 4.98 Å². The van der Waals surface area contributed by atoms with E-state index in [4.69, 9.17) is 9.47 Å². The van der Waals surface area contributed by atoms with Crippen LogP contribution in [-0.4, -0.2) is 41.0 Å². The van der Waals surface area contributed by atoms with Crippen molar-refractivity contribution in [1.29, 1.82) is 0 Å². The van der Waals surface area contributed by atoms with Crippen molar-refractivity contribution in [3.8, 4) is 11.5 Å². The van der Waals surface area contributed by atoms with Gasteiger partial charge in [0.2, 0.25) is 0 Å². The number of anilines is 1. The molecule has 36 heavy (non-hydrogen) atoms. The van der Waals surface area contributed by atoms with E-state index in [-0.39, 0.29) is 11.3 Å². The molecule has 0 aliphatic carbocycles. The minimum Gasteiger partial charge on any atom is -0.507 e. The lowest BCUT2D eigenvalue weighted by Crippen LogP contribution is -2.29. The van der Waals surface area contributed by atoms with E-state index in [1.807, 2.05) is 19.1 Å². The van der Waals surface area contributed by atoms with Gasteiger partial charge in [-0.2, -0.15) is 0 Å². The number of pyridine rings is 1. The summed E-state index contributed by atoms with van der Waals surface area (Å²) in [7, 11) is 3.15. The number of amides is 1. The van der Waals surface area contributed by atoms with Gasteiger partial charge in [0.25, 0.3) is 5.78 Å². The second-order valence-electron chi connectivity index (χ2n) is 8.39. The zero-order chi connectivity index (χ0) is 25.6. The minimum atomic E-state index is -0.948. The number of aliphatic hydroxyl groups excluding tert-OH is 1. The lowest BCUT2D eigenvalue weighted by molar-refractivity contribution is -0.132. The number of hydrogen-bond acceptors (Lipinski definition) is 8. The standard InChI is InChI=1S/C27H23N3O5S/c1-14-11-16(34-3)8-9-17(14)24(31)22-23(18-7-5-6-10-28-18)30(26(33)25(22)32)27-29-19-12-15(2)20(35-4)13-21(19)36-27/h5-13,23,31H,1-4H3/b24-22+. The Morgan fingerprint density at radius 2 is 1.83 bits per heavy atom. The van der Waals surface area contributed by atoms with Crippen molar-refractivity contribution in [3.05, 3.63) is 82.7 Å². The molecular formula is C27H23N3O5S. The predicted octanol–water partition coefficient (Wildman–Crippen LogP) is 4.95. The topological polar surface area (TPSA) is 102 Å². The lowest BCUT2D eigenvalue weighted by Gasteiger charge is -2.22. The Bertz CT molecular complexity index is 1540. The van der Waals surface area contributed by atoms with E-state index in [0.717, 1.165) is 10.3 Å². The van der Waals surface area contributed by atoms with Crippen LogP contribution < -0.4 is 14.4 Å². The smallest absolute Gasteiger partial charge is 0.301 e. The molecule has 0 radical (unpaired) electrons. The van der Waals surface area contributed by atoms with Crippen molar-refractivity contribution < 1.29 is 24.2 Å². The molecule has 0 spiro atoms. The van der Waals surface area contributed by atoms with Gasteiger partial charge in [0.1, 0.15) is 23.3 Å². The van der Waals surface area contributed by atoms with Crippen molar-refractivity contribution >= 4 is 44.1 Å². The molecular weight excluding hydrogens is 478 g/mol. The van der Waals surface area contributed by atoms with Crippen LogP contribution in [0.5, 0.6) is 11.5 Å². The molecule has 1 unspecified atom stereocenters. The van der Waals surface area contributed by atoms with E-state index >= 15 is 0 Å². The summed E-state index contributed by atoms with van der Waals surface area (Å²) in [5.74, 6) is -0.528. The molecule has 1 aliphatic heterocycles. The Morgan fingerprint density at radius 1 is 1.03 bits per heavy atom. The van der Waals surface area contributed by atoms with Gasteiger partial charge in [0.15, 0.2) is 5.13 Å². The number of rotatable bonds is 5. The van der Waals surface area contributed by atoms with Gasteiger partial charge >= 0.3 is 5.91 Å². The van der Waals surface area contributed by atoms with Gasteiger partial charge < -0.3 is 14.6 Å². The molecule has 1 amide bonds. The first-order chi connectivity index (χ1) is 17.3. The zero-order valence-corrected chi connectivity index (χ0v) is 20.9. The van der Waals surface area contributed by atoms with Crippen LogP contribution >= 0.6 is 11.3 Å². The number of ether oxygens (including phenoxy) is 2. The monoisotopic (exact) mass is 501 g/mol. The molecule has 2 aromatic heterocycles. The first kappa shape index (κ1) is 23.5. The van der Waals surface area contributed by atoms with E-state index in [1.165, 1.54) is 16.2 Å². The molecule has 4 aromatic rings. The number of methoxy groups -OCH3 is 2. The van der Waals surface area contributed by atoms with Gasteiger partial charge in [-0.15, -0.1) is 0 Å². The number of ketones is 1. The molecule has 5 rings (SSSR count). The van der Waals surface area contributed by atoms with Crippen molar-refractivity contribution in [2.24, 2.45) is 0 Å². The fourth-order valence-corrected chi connectivity index (χ4v) is 5.39. The minimum absolute atomic E-state index is 0.0417. The third-order valence-corrected chi connectivity index (χ3v) is 7.22. The number of nitrogens with zero attached hydrogens (tertiary/aromatic N) is 3. The Morgan fingerprint density at radius 3 is 2.50 bits per heavy atom. The summed E-state index contributed by atoms with van der Waals surface area (Å²) in [6, 6.07) is 13.1. The number of hydrogen-bond donors (Lipinski definition) is 1. The number of fused-ring (bicyclic) bond motifs is 1. The lowest BCUT2D eigenvalue weighted by atomic mass is 9.96. The number of aryl methyl sites for hydroxylation is 2. The molecule has 0 saturated carbocycles. The summed E-state index contributed by atoms with van der Waals surface area (Å²) in [5.41, 5.74) is 3.11. The van der Waals surface area contributed by atoms with E-state index in [0.29, 0.717) is 39.0 Å². The molecule has 9 heteroatoms. The normalized spacial score (nSPS) is 17.1. The van der Waals surface area contributed by atoms with Crippen LogP contribution in [0.2, 0.25) is 0 Å². The van der Waals surface area contributed by atoms with Crippen LogP contribution in [0, 0.1) is 13.8 Å². The van der Waals surface area contributed by atoms with Gasteiger partial charge in [0.05, 0.1) is 35.7 Å². The van der Waals surface area contributed by atoms with Crippen LogP contribution in [0.4, 0.5) is 5.13 Å². The Balaban J connectivity index is 1.72. The van der Waals surface area contributed by atoms with Gasteiger partial charge in [-0.05, 0) is 67.4 Å². The molecule has 3 heterocycles. The number of carbonyl (C=O) groups is 2. The maximum Gasteiger partial charge on any atom is 0.301 e. The molecule has 1 N–H and O–H groups in total. The first-order valence-electron chi connectivity index (χ1n) is 11.2. The van der Waals surface area contributed by atoms with Crippen molar-refractivity contribution in [3.63, 3.8) is 0 Å². The van der Waals surface area contributed by atoms with E-state index < -0.39 is 17.7 Å². The van der Waals surface area contributed by atoms with Gasteiger partial charge in [-0.3, -0.25) is 19.5 Å². The van der Waals surface area contributed by atoms with Crippen LogP contribution in [-0.2, 0) is 9.59 Å². The Labute approximate surface area is 211 Å². The van der Waals surface area contributed by atoms with Crippen molar-refractivity contribution in [1.82, 2.24) is 9.97 Å². The van der Waals surface area contributed by atoms with Crippen LogP contribution in [0.15, 0.2) is 60.3 Å². The third-order valence-electron chi connectivity index (χ3n) is 6.20. The first-order valence-corrected chi connectivity index (χ1v) is 12.0. The largest absolute Gasteiger partial charge is 0.507 e. The summed E-state index contributed by atoms with van der Waals surface area (Å²) in [6.45, 7) is 3.71. The number of aliphatic hydroxyl groups is 1. The van der Waals surface area contributed by atoms with Crippen LogP contribution in [0.1, 0.15) is 28.4 Å². The van der Waals surface area contributed by atoms with Crippen LogP contribution in [0.3, 0.4) is 0 Å². The van der Waals surface area contributed by atoms with Crippen molar-refractivity contribution in [2.75, 3.05) is 19.1 Å². The number of aromatic nitrogens is 2. The Kier molecular flexibility index (Phi) is 5.93. The van der Waals surface area contributed by atoms with Gasteiger partial charge in [0, 0.05) is 11.8 Å². The van der Waals surface area contributed by atoms with Gasteiger partial charge in [-0.1, -0.05) is 17.4 Å². The predicted molar refractivity (Wildman–Crippen MR) is 138 cm³/mol. The van der Waals surface area contributed by atoms with Crippen molar-refractivity contribution in [2.45, 2.75) is 19.9 Å². The van der Waals surface area contributed by atoms with E-state index in [2.05, 4.69) is 9.97 Å². The van der Waals surface area contributed by atoms with Crippen LogP contribution in [0.25, 0.3) is 16.0 Å².